The number of amides is 2. The molecule has 3 heterocycles. The molecule has 0 bridgehead atoms. The Morgan fingerprint density at radius 2 is 1.75 bits per heavy atom. The molecule has 3 aliphatic rings. The topological polar surface area (TPSA) is 56.8 Å². The number of aromatic nitrogens is 1. The molecule has 3 fully saturated rings. The predicted molar refractivity (Wildman–Crippen MR) is 109 cm³/mol. The van der Waals surface area contributed by atoms with Gasteiger partial charge in [-0.05, 0) is 44.4 Å². The summed E-state index contributed by atoms with van der Waals surface area (Å²) >= 11 is 1.75. The summed E-state index contributed by atoms with van der Waals surface area (Å²) < 4.78 is 1.21. The van der Waals surface area contributed by atoms with Crippen LogP contribution in [0.15, 0.2) is 24.3 Å². The highest BCUT2D eigenvalue weighted by Gasteiger charge is 2.36. The Balaban J connectivity index is 1.20. The molecule has 0 unspecified atom stereocenters. The molecule has 1 aliphatic carbocycles. The first-order chi connectivity index (χ1) is 13.7. The van der Waals surface area contributed by atoms with Crippen molar-refractivity contribution in [1.82, 2.24) is 19.7 Å². The van der Waals surface area contributed by atoms with Gasteiger partial charge in [-0.1, -0.05) is 12.1 Å². The van der Waals surface area contributed by atoms with Gasteiger partial charge >= 0.3 is 0 Å². The van der Waals surface area contributed by atoms with E-state index in [1.54, 1.807) is 11.3 Å². The largest absolute Gasteiger partial charge is 0.339 e. The fourth-order valence-electron chi connectivity index (χ4n) is 4.37. The molecule has 1 aromatic carbocycles. The molecular formula is C21H26N4O2S. The molecule has 1 atom stereocenters. The fraction of sp³-hybridized carbons (Fsp3) is 0.571. The summed E-state index contributed by atoms with van der Waals surface area (Å²) in [6, 6.07) is 8.49. The maximum absolute atomic E-state index is 12.9. The van der Waals surface area contributed by atoms with Crippen molar-refractivity contribution >= 4 is 33.4 Å². The lowest BCUT2D eigenvalue weighted by Crippen LogP contribution is -2.52. The van der Waals surface area contributed by atoms with Gasteiger partial charge in [-0.15, -0.1) is 11.3 Å². The molecule has 2 saturated heterocycles. The SMILES string of the molecule is O=C(CN1CCC[C@@H]1c1nc2ccccc2s1)N1CCN(C(=O)C2CC2)CC1. The smallest absolute Gasteiger partial charge is 0.236 e. The molecule has 7 heteroatoms. The number of piperazine rings is 1. The van der Waals surface area contributed by atoms with Gasteiger partial charge in [0.25, 0.3) is 0 Å². The van der Waals surface area contributed by atoms with E-state index in [-0.39, 0.29) is 17.9 Å². The number of carbonyl (C=O) groups excluding carboxylic acids is 2. The number of benzene rings is 1. The van der Waals surface area contributed by atoms with Gasteiger partial charge in [-0.3, -0.25) is 14.5 Å². The van der Waals surface area contributed by atoms with Crippen molar-refractivity contribution in [2.75, 3.05) is 39.3 Å². The zero-order valence-corrected chi connectivity index (χ0v) is 16.9. The van der Waals surface area contributed by atoms with E-state index in [0.717, 1.165) is 42.8 Å². The van der Waals surface area contributed by atoms with Crippen LogP contribution in [-0.4, -0.2) is 70.8 Å². The van der Waals surface area contributed by atoms with Crippen molar-refractivity contribution in [3.05, 3.63) is 29.3 Å². The van der Waals surface area contributed by atoms with Gasteiger partial charge in [0.05, 0.1) is 22.8 Å². The Bertz CT molecular complexity index is 852. The first kappa shape index (κ1) is 18.1. The normalized spacial score (nSPS) is 23.5. The average Bonchev–Trinajstić information content (AvgIpc) is 3.32. The van der Waals surface area contributed by atoms with E-state index in [1.165, 1.54) is 4.70 Å². The van der Waals surface area contributed by atoms with Crippen molar-refractivity contribution in [3.8, 4) is 0 Å². The first-order valence-electron chi connectivity index (χ1n) is 10.3. The third-order valence-electron chi connectivity index (χ3n) is 6.17. The second kappa shape index (κ2) is 7.44. The Labute approximate surface area is 169 Å². The lowest BCUT2D eigenvalue weighted by Gasteiger charge is -2.36. The van der Waals surface area contributed by atoms with Gasteiger partial charge in [0, 0.05) is 32.1 Å². The van der Waals surface area contributed by atoms with E-state index in [0.29, 0.717) is 38.6 Å². The van der Waals surface area contributed by atoms with E-state index in [4.69, 9.17) is 4.98 Å². The van der Waals surface area contributed by atoms with Crippen LogP contribution in [0.5, 0.6) is 0 Å². The summed E-state index contributed by atoms with van der Waals surface area (Å²) in [7, 11) is 0. The van der Waals surface area contributed by atoms with Gasteiger partial charge in [0.15, 0.2) is 0 Å². The van der Waals surface area contributed by atoms with Crippen LogP contribution in [0, 0.1) is 5.92 Å². The van der Waals surface area contributed by atoms with Crippen LogP contribution >= 0.6 is 11.3 Å². The molecule has 2 amide bonds. The van der Waals surface area contributed by atoms with Crippen LogP contribution in [0.3, 0.4) is 0 Å². The van der Waals surface area contributed by atoms with E-state index in [9.17, 15) is 9.59 Å². The molecule has 1 saturated carbocycles. The number of hydrogen-bond donors (Lipinski definition) is 0. The number of thiazole rings is 1. The number of fused-ring (bicyclic) bond motifs is 1. The summed E-state index contributed by atoms with van der Waals surface area (Å²) in [6.07, 6.45) is 4.26. The molecule has 148 valence electrons. The van der Waals surface area contributed by atoms with Crippen LogP contribution in [0.2, 0.25) is 0 Å². The van der Waals surface area contributed by atoms with Gasteiger partial charge < -0.3 is 9.80 Å². The monoisotopic (exact) mass is 398 g/mol. The molecule has 28 heavy (non-hydrogen) atoms. The Morgan fingerprint density at radius 1 is 1.00 bits per heavy atom. The minimum Gasteiger partial charge on any atom is -0.339 e. The average molecular weight is 399 g/mol. The van der Waals surface area contributed by atoms with Crippen LogP contribution in [0.25, 0.3) is 10.2 Å². The molecular weight excluding hydrogens is 372 g/mol. The molecule has 5 rings (SSSR count). The van der Waals surface area contributed by atoms with E-state index in [1.807, 2.05) is 21.9 Å². The van der Waals surface area contributed by atoms with Crippen LogP contribution in [0.1, 0.15) is 36.7 Å². The van der Waals surface area contributed by atoms with E-state index < -0.39 is 0 Å². The third-order valence-corrected chi connectivity index (χ3v) is 7.31. The van der Waals surface area contributed by atoms with Crippen molar-refractivity contribution < 1.29 is 9.59 Å². The number of rotatable bonds is 4. The van der Waals surface area contributed by atoms with Gasteiger partial charge in [-0.25, -0.2) is 4.98 Å². The number of hydrogen-bond acceptors (Lipinski definition) is 5. The van der Waals surface area contributed by atoms with Crippen molar-refractivity contribution in [3.63, 3.8) is 0 Å². The highest BCUT2D eigenvalue weighted by molar-refractivity contribution is 7.18. The molecule has 0 spiro atoms. The highest BCUT2D eigenvalue weighted by Crippen LogP contribution is 2.36. The molecule has 1 aromatic heterocycles. The molecule has 0 N–H and O–H groups in total. The lowest BCUT2D eigenvalue weighted by molar-refractivity contribution is -0.141. The molecule has 0 radical (unpaired) electrons. The van der Waals surface area contributed by atoms with Crippen molar-refractivity contribution in [2.24, 2.45) is 5.92 Å². The molecule has 2 aliphatic heterocycles. The number of carbonyl (C=O) groups is 2. The molecule has 6 nitrogen and oxygen atoms in total. The summed E-state index contributed by atoms with van der Waals surface area (Å²) in [4.78, 5) is 36.1. The highest BCUT2D eigenvalue weighted by atomic mass is 32.1. The minimum atomic E-state index is 0.187. The van der Waals surface area contributed by atoms with Crippen LogP contribution < -0.4 is 0 Å². The van der Waals surface area contributed by atoms with Crippen molar-refractivity contribution in [2.45, 2.75) is 31.7 Å². The number of likely N-dealkylation sites (tertiary alicyclic amines) is 1. The van der Waals surface area contributed by atoms with E-state index >= 15 is 0 Å². The zero-order valence-electron chi connectivity index (χ0n) is 16.0. The second-order valence-electron chi connectivity index (χ2n) is 8.13. The predicted octanol–water partition coefficient (Wildman–Crippen LogP) is 2.51. The third kappa shape index (κ3) is 3.53. The Kier molecular flexibility index (Phi) is 4.80. The van der Waals surface area contributed by atoms with Crippen LogP contribution in [0.4, 0.5) is 0 Å². The quantitative estimate of drug-likeness (QED) is 0.794. The van der Waals surface area contributed by atoms with E-state index in [2.05, 4.69) is 17.0 Å². The maximum atomic E-state index is 12.9. The lowest BCUT2D eigenvalue weighted by atomic mass is 10.2. The summed E-state index contributed by atoms with van der Waals surface area (Å²) in [5.74, 6) is 0.746. The fourth-order valence-corrected chi connectivity index (χ4v) is 5.50. The van der Waals surface area contributed by atoms with Gasteiger partial charge in [0.1, 0.15) is 5.01 Å². The Morgan fingerprint density at radius 3 is 2.50 bits per heavy atom. The second-order valence-corrected chi connectivity index (χ2v) is 9.19. The number of nitrogens with zero attached hydrogens (tertiary/aromatic N) is 4. The van der Waals surface area contributed by atoms with Gasteiger partial charge in [0.2, 0.25) is 11.8 Å². The minimum absolute atomic E-state index is 0.187. The first-order valence-corrected chi connectivity index (χ1v) is 11.2. The molecule has 2 aromatic rings. The zero-order chi connectivity index (χ0) is 19.1. The van der Waals surface area contributed by atoms with Crippen molar-refractivity contribution in [1.29, 1.82) is 0 Å². The summed E-state index contributed by atoms with van der Waals surface area (Å²) in [5.41, 5.74) is 1.05. The van der Waals surface area contributed by atoms with Gasteiger partial charge in [-0.2, -0.15) is 0 Å². The number of para-hydroxylation sites is 1. The maximum Gasteiger partial charge on any atom is 0.236 e. The summed E-state index contributed by atoms with van der Waals surface area (Å²) in [5, 5.41) is 1.13. The standard InChI is InChI=1S/C21H26N4O2S/c26-19(23-10-12-24(13-11-23)21(27)15-7-8-15)14-25-9-3-5-17(25)20-22-16-4-1-2-6-18(16)28-20/h1-2,4,6,15,17H,3,5,7-14H2/t17-/m1/s1. The summed E-state index contributed by atoms with van der Waals surface area (Å²) in [6.45, 7) is 4.10. The Hall–Kier alpha value is -1.99. The van der Waals surface area contributed by atoms with Crippen LogP contribution in [-0.2, 0) is 9.59 Å².